The summed E-state index contributed by atoms with van der Waals surface area (Å²) in [5.41, 5.74) is 2.52. The molecule has 116 valence electrons. The number of amides is 1. The molecule has 1 aromatic carbocycles. The second-order valence-electron chi connectivity index (χ2n) is 6.87. The van der Waals surface area contributed by atoms with Crippen molar-refractivity contribution in [2.24, 2.45) is 11.8 Å². The van der Waals surface area contributed by atoms with Crippen LogP contribution in [0.25, 0.3) is 0 Å². The largest absolute Gasteiger partial charge is 0.322 e. The number of hydrogen-bond acceptors (Lipinski definition) is 2. The number of carbonyl (C=O) groups excluding carboxylic acids is 1. The topological polar surface area (TPSA) is 32.3 Å². The van der Waals surface area contributed by atoms with Crippen LogP contribution in [0.4, 0.5) is 0 Å². The van der Waals surface area contributed by atoms with Gasteiger partial charge in [-0.3, -0.25) is 10.1 Å². The molecule has 1 N–H and O–H groups in total. The molecule has 0 aromatic heterocycles. The zero-order chi connectivity index (χ0) is 15.6. The Morgan fingerprint density at radius 1 is 1.14 bits per heavy atom. The maximum absolute atomic E-state index is 12.2. The molecule has 1 fully saturated rings. The molecule has 2 rings (SSSR count). The van der Waals surface area contributed by atoms with Crippen molar-refractivity contribution in [1.82, 2.24) is 10.2 Å². The summed E-state index contributed by atoms with van der Waals surface area (Å²) in [5, 5.41) is 3.34. The molecule has 1 aliphatic rings. The lowest BCUT2D eigenvalue weighted by Gasteiger charge is -2.29. The van der Waals surface area contributed by atoms with Crippen LogP contribution < -0.4 is 5.32 Å². The minimum absolute atomic E-state index is 0.0277. The normalized spacial score (nSPS) is 20.6. The highest BCUT2D eigenvalue weighted by Crippen LogP contribution is 2.26. The third kappa shape index (κ3) is 3.65. The van der Waals surface area contributed by atoms with Crippen molar-refractivity contribution in [2.45, 2.75) is 46.7 Å². The monoisotopic (exact) mass is 288 g/mol. The fourth-order valence-electron chi connectivity index (χ4n) is 2.63. The number of rotatable bonds is 5. The summed E-state index contributed by atoms with van der Waals surface area (Å²) in [6, 6.07) is 8.65. The molecule has 1 aromatic rings. The Bertz CT molecular complexity index is 478. The maximum atomic E-state index is 12.2. The molecule has 0 spiro atoms. The number of nitrogens with zero attached hydrogens (tertiary/aromatic N) is 1. The predicted molar refractivity (Wildman–Crippen MR) is 87.0 cm³/mol. The van der Waals surface area contributed by atoms with E-state index in [4.69, 9.17) is 0 Å². The molecule has 0 radical (unpaired) electrons. The zero-order valence-corrected chi connectivity index (χ0v) is 13.9. The highest BCUT2D eigenvalue weighted by atomic mass is 16.2. The molecule has 1 amide bonds. The van der Waals surface area contributed by atoms with E-state index in [1.54, 1.807) is 0 Å². The van der Waals surface area contributed by atoms with E-state index in [2.05, 4.69) is 64.2 Å². The summed E-state index contributed by atoms with van der Waals surface area (Å²) in [6.07, 6.45) is 0.0277. The van der Waals surface area contributed by atoms with Crippen molar-refractivity contribution in [1.29, 1.82) is 0 Å². The van der Waals surface area contributed by atoms with Gasteiger partial charge in [-0.25, -0.2) is 0 Å². The Morgan fingerprint density at radius 2 is 1.76 bits per heavy atom. The molecule has 1 saturated heterocycles. The molecule has 3 nitrogen and oxygen atoms in total. The maximum Gasteiger partial charge on any atom is 0.238 e. The summed E-state index contributed by atoms with van der Waals surface area (Å²) >= 11 is 0. The van der Waals surface area contributed by atoms with Crippen LogP contribution in [0.3, 0.4) is 0 Å². The van der Waals surface area contributed by atoms with Crippen LogP contribution in [0.5, 0.6) is 0 Å². The van der Waals surface area contributed by atoms with Gasteiger partial charge in [-0.1, -0.05) is 58.9 Å². The summed E-state index contributed by atoms with van der Waals surface area (Å²) < 4.78 is 0. The highest BCUT2D eigenvalue weighted by molar-refractivity contribution is 5.81. The van der Waals surface area contributed by atoms with E-state index in [9.17, 15) is 4.79 Å². The Kier molecular flexibility index (Phi) is 5.04. The van der Waals surface area contributed by atoms with Gasteiger partial charge in [0.1, 0.15) is 6.17 Å². The summed E-state index contributed by atoms with van der Waals surface area (Å²) in [7, 11) is 0. The highest BCUT2D eigenvalue weighted by Gasteiger charge is 2.32. The summed E-state index contributed by atoms with van der Waals surface area (Å²) in [6.45, 7) is 12.3. The van der Waals surface area contributed by atoms with E-state index >= 15 is 0 Å². The van der Waals surface area contributed by atoms with Crippen LogP contribution in [0, 0.1) is 11.8 Å². The van der Waals surface area contributed by atoms with Gasteiger partial charge in [0.05, 0.1) is 6.54 Å². The molecule has 2 unspecified atom stereocenters. The van der Waals surface area contributed by atoms with Gasteiger partial charge in [0, 0.05) is 6.54 Å². The van der Waals surface area contributed by atoms with E-state index in [1.165, 1.54) is 11.1 Å². The van der Waals surface area contributed by atoms with Crippen LogP contribution in [-0.4, -0.2) is 23.9 Å². The van der Waals surface area contributed by atoms with Crippen molar-refractivity contribution in [3.8, 4) is 0 Å². The molecule has 2 atom stereocenters. The first-order chi connectivity index (χ1) is 9.90. The Labute approximate surface area is 128 Å². The van der Waals surface area contributed by atoms with Crippen molar-refractivity contribution in [3.63, 3.8) is 0 Å². The van der Waals surface area contributed by atoms with Gasteiger partial charge < -0.3 is 4.90 Å². The number of nitrogens with one attached hydrogen (secondary N) is 1. The summed E-state index contributed by atoms with van der Waals surface area (Å²) in [4.78, 5) is 14.1. The molecule has 0 aliphatic carbocycles. The molecule has 0 saturated carbocycles. The standard InChI is InChI=1S/C18H28N2O/c1-12(2)14(5)11-20-17(21)10-19-18(20)16-8-6-15(7-9-16)13(3)4/h6-9,12-14,18-19H,10-11H2,1-5H3. The van der Waals surface area contributed by atoms with E-state index in [1.807, 2.05) is 4.90 Å². The van der Waals surface area contributed by atoms with Crippen LogP contribution in [-0.2, 0) is 4.79 Å². The van der Waals surface area contributed by atoms with Crippen molar-refractivity contribution < 1.29 is 4.79 Å². The number of benzene rings is 1. The Balaban J connectivity index is 2.15. The van der Waals surface area contributed by atoms with Gasteiger partial charge >= 0.3 is 0 Å². The number of hydrogen-bond donors (Lipinski definition) is 1. The van der Waals surface area contributed by atoms with Gasteiger partial charge in [0.25, 0.3) is 0 Å². The molecule has 0 bridgehead atoms. The fourth-order valence-corrected chi connectivity index (χ4v) is 2.63. The van der Waals surface area contributed by atoms with Crippen LogP contribution >= 0.6 is 0 Å². The van der Waals surface area contributed by atoms with Crippen molar-refractivity contribution >= 4 is 5.91 Å². The SMILES string of the molecule is CC(C)c1ccc(C2NCC(=O)N2CC(C)C(C)C)cc1. The first kappa shape index (κ1) is 16.0. The molecular formula is C18H28N2O. The van der Waals surface area contributed by atoms with Crippen molar-refractivity contribution in [3.05, 3.63) is 35.4 Å². The van der Waals surface area contributed by atoms with Gasteiger partial charge in [0.2, 0.25) is 5.91 Å². The fraction of sp³-hybridized carbons (Fsp3) is 0.611. The van der Waals surface area contributed by atoms with Crippen molar-refractivity contribution in [2.75, 3.05) is 13.1 Å². The molecule has 3 heteroatoms. The van der Waals surface area contributed by atoms with Crippen LogP contribution in [0.15, 0.2) is 24.3 Å². The van der Waals surface area contributed by atoms with E-state index in [0.29, 0.717) is 24.3 Å². The van der Waals surface area contributed by atoms with E-state index in [-0.39, 0.29) is 12.1 Å². The minimum Gasteiger partial charge on any atom is -0.322 e. The third-order valence-electron chi connectivity index (χ3n) is 4.62. The van der Waals surface area contributed by atoms with Gasteiger partial charge in [0.15, 0.2) is 0 Å². The smallest absolute Gasteiger partial charge is 0.238 e. The van der Waals surface area contributed by atoms with Gasteiger partial charge in [-0.2, -0.15) is 0 Å². The lowest BCUT2D eigenvalue weighted by atomic mass is 9.96. The number of carbonyl (C=O) groups is 1. The molecule has 1 heterocycles. The minimum atomic E-state index is 0.0277. The van der Waals surface area contributed by atoms with Crippen LogP contribution in [0.1, 0.15) is 57.8 Å². The Morgan fingerprint density at radius 3 is 2.29 bits per heavy atom. The zero-order valence-electron chi connectivity index (χ0n) is 13.9. The lowest BCUT2D eigenvalue weighted by molar-refractivity contribution is -0.128. The first-order valence-corrected chi connectivity index (χ1v) is 8.02. The molecule has 21 heavy (non-hydrogen) atoms. The second-order valence-corrected chi connectivity index (χ2v) is 6.87. The van der Waals surface area contributed by atoms with E-state index < -0.39 is 0 Å². The molecular weight excluding hydrogens is 260 g/mol. The van der Waals surface area contributed by atoms with E-state index in [0.717, 1.165) is 6.54 Å². The first-order valence-electron chi connectivity index (χ1n) is 8.02. The summed E-state index contributed by atoms with van der Waals surface area (Å²) in [5.74, 6) is 1.84. The van der Waals surface area contributed by atoms with Gasteiger partial charge in [-0.05, 0) is 28.9 Å². The average Bonchev–Trinajstić information content (AvgIpc) is 2.80. The lowest BCUT2D eigenvalue weighted by Crippen LogP contribution is -2.35. The second kappa shape index (κ2) is 6.61. The van der Waals surface area contributed by atoms with Crippen LogP contribution in [0.2, 0.25) is 0 Å². The average molecular weight is 288 g/mol. The Hall–Kier alpha value is -1.35. The quantitative estimate of drug-likeness (QED) is 0.899. The van der Waals surface area contributed by atoms with Gasteiger partial charge in [-0.15, -0.1) is 0 Å². The molecule has 1 aliphatic heterocycles. The predicted octanol–water partition coefficient (Wildman–Crippen LogP) is 3.53. The third-order valence-corrected chi connectivity index (χ3v) is 4.62.